The van der Waals surface area contributed by atoms with Crippen molar-refractivity contribution in [1.29, 1.82) is 0 Å². The second kappa shape index (κ2) is 4.24. The Morgan fingerprint density at radius 2 is 2.08 bits per heavy atom. The molecule has 1 fully saturated rings. The van der Waals surface area contributed by atoms with Gasteiger partial charge in [-0.2, -0.15) is 0 Å². The summed E-state index contributed by atoms with van der Waals surface area (Å²) in [5.74, 6) is 0. The van der Waals surface area contributed by atoms with Gasteiger partial charge in [-0.15, -0.1) is 0 Å². The Morgan fingerprint density at radius 1 is 1.33 bits per heavy atom. The summed E-state index contributed by atoms with van der Waals surface area (Å²) in [6.07, 6.45) is 3.92. The maximum Gasteiger partial charge on any atom is 0.115 e. The van der Waals surface area contributed by atoms with Crippen molar-refractivity contribution in [3.05, 3.63) is 0 Å². The van der Waals surface area contributed by atoms with E-state index in [2.05, 4.69) is 20.8 Å². The lowest BCUT2D eigenvalue weighted by Crippen LogP contribution is -2.18. The Labute approximate surface area is 75.2 Å². The summed E-state index contributed by atoms with van der Waals surface area (Å²) in [6.45, 7) is 8.08. The summed E-state index contributed by atoms with van der Waals surface area (Å²) >= 11 is 0. The third-order valence-corrected chi connectivity index (χ3v) is 2.32. The van der Waals surface area contributed by atoms with E-state index in [4.69, 9.17) is 9.47 Å². The fourth-order valence-electron chi connectivity index (χ4n) is 1.46. The molecule has 2 unspecified atom stereocenters. The summed E-state index contributed by atoms with van der Waals surface area (Å²) in [7, 11) is 0. The Balaban J connectivity index is 2.08. The maximum absolute atomic E-state index is 5.57. The molecule has 2 atom stereocenters. The molecule has 12 heavy (non-hydrogen) atoms. The number of hydrogen-bond donors (Lipinski definition) is 0. The zero-order chi connectivity index (χ0) is 9.03. The molecule has 0 radical (unpaired) electrons. The summed E-state index contributed by atoms with van der Waals surface area (Å²) < 4.78 is 11.0. The van der Waals surface area contributed by atoms with Gasteiger partial charge in [0.15, 0.2) is 0 Å². The summed E-state index contributed by atoms with van der Waals surface area (Å²) in [4.78, 5) is 0. The van der Waals surface area contributed by atoms with Gasteiger partial charge in [0.05, 0.1) is 12.7 Å². The molecule has 0 aromatic rings. The predicted molar refractivity (Wildman–Crippen MR) is 49.3 cm³/mol. The fraction of sp³-hybridized carbons (Fsp3) is 1.00. The van der Waals surface area contributed by atoms with Gasteiger partial charge in [-0.1, -0.05) is 20.3 Å². The highest BCUT2D eigenvalue weighted by Gasteiger charge is 2.51. The minimum Gasteiger partial charge on any atom is -0.378 e. The van der Waals surface area contributed by atoms with Crippen molar-refractivity contribution in [3.63, 3.8) is 0 Å². The molecule has 1 heterocycles. The molecule has 0 saturated carbocycles. The van der Waals surface area contributed by atoms with Crippen LogP contribution in [0.1, 0.15) is 40.0 Å². The van der Waals surface area contributed by atoms with Crippen LogP contribution in [0.25, 0.3) is 0 Å². The monoisotopic (exact) mass is 172 g/mol. The van der Waals surface area contributed by atoms with Crippen LogP contribution in [0.3, 0.4) is 0 Å². The maximum atomic E-state index is 5.57. The van der Waals surface area contributed by atoms with Crippen LogP contribution in [0.15, 0.2) is 0 Å². The first-order valence-corrected chi connectivity index (χ1v) is 4.98. The standard InChI is InChI=1S/C10H20O2/c1-4-6-9-10(3,12-9)8-11-7-5-2/h9H,4-8H2,1-3H3. The molecule has 0 amide bonds. The first-order chi connectivity index (χ1) is 5.73. The van der Waals surface area contributed by atoms with E-state index in [9.17, 15) is 0 Å². The number of hydrogen-bond acceptors (Lipinski definition) is 2. The van der Waals surface area contributed by atoms with Crippen LogP contribution < -0.4 is 0 Å². The quantitative estimate of drug-likeness (QED) is 0.453. The summed E-state index contributed by atoms with van der Waals surface area (Å²) in [5, 5.41) is 0. The van der Waals surface area contributed by atoms with Crippen LogP contribution in [0.2, 0.25) is 0 Å². The fourth-order valence-corrected chi connectivity index (χ4v) is 1.46. The number of rotatable bonds is 6. The first-order valence-electron chi connectivity index (χ1n) is 4.98. The van der Waals surface area contributed by atoms with Crippen LogP contribution in [0, 0.1) is 0 Å². The molecule has 72 valence electrons. The number of epoxide rings is 1. The highest BCUT2D eigenvalue weighted by molar-refractivity contribution is 4.98. The minimum absolute atomic E-state index is 0.0468. The molecule has 1 rings (SSSR count). The van der Waals surface area contributed by atoms with E-state index in [0.29, 0.717) is 6.10 Å². The second-order valence-electron chi connectivity index (χ2n) is 3.76. The lowest BCUT2D eigenvalue weighted by molar-refractivity contribution is 0.0858. The van der Waals surface area contributed by atoms with E-state index in [1.807, 2.05) is 0 Å². The molecule has 0 N–H and O–H groups in total. The van der Waals surface area contributed by atoms with Crippen molar-refractivity contribution in [2.45, 2.75) is 51.7 Å². The van der Waals surface area contributed by atoms with Crippen LogP contribution in [0.5, 0.6) is 0 Å². The molecule has 0 aromatic heterocycles. The van der Waals surface area contributed by atoms with Gasteiger partial charge in [0.2, 0.25) is 0 Å². The molecule has 1 aliphatic rings. The molecular formula is C10H20O2. The third-order valence-electron chi connectivity index (χ3n) is 2.32. The molecular weight excluding hydrogens is 152 g/mol. The van der Waals surface area contributed by atoms with E-state index >= 15 is 0 Å². The molecule has 1 saturated heterocycles. The van der Waals surface area contributed by atoms with E-state index in [0.717, 1.165) is 19.6 Å². The van der Waals surface area contributed by atoms with Gasteiger partial charge >= 0.3 is 0 Å². The van der Waals surface area contributed by atoms with Gasteiger partial charge in [-0.05, 0) is 19.8 Å². The molecule has 2 nitrogen and oxygen atoms in total. The van der Waals surface area contributed by atoms with Gasteiger partial charge in [-0.3, -0.25) is 0 Å². The smallest absolute Gasteiger partial charge is 0.115 e. The highest BCUT2D eigenvalue weighted by Crippen LogP contribution is 2.39. The van der Waals surface area contributed by atoms with Crippen molar-refractivity contribution in [1.82, 2.24) is 0 Å². The van der Waals surface area contributed by atoms with Crippen LogP contribution in [0.4, 0.5) is 0 Å². The van der Waals surface area contributed by atoms with E-state index < -0.39 is 0 Å². The largest absolute Gasteiger partial charge is 0.378 e. The molecule has 0 bridgehead atoms. The van der Waals surface area contributed by atoms with Gasteiger partial charge in [0.25, 0.3) is 0 Å². The predicted octanol–water partition coefficient (Wildman–Crippen LogP) is 2.37. The van der Waals surface area contributed by atoms with E-state index in [-0.39, 0.29) is 5.60 Å². The number of ether oxygens (including phenoxy) is 2. The SMILES string of the molecule is CCCOCC1(C)OC1CCC. The second-order valence-corrected chi connectivity index (χ2v) is 3.76. The lowest BCUT2D eigenvalue weighted by Gasteiger charge is -2.06. The molecule has 0 spiro atoms. The normalized spacial score (nSPS) is 33.8. The molecule has 2 heteroatoms. The average Bonchev–Trinajstić information content (AvgIpc) is 2.64. The van der Waals surface area contributed by atoms with E-state index in [1.54, 1.807) is 0 Å². The van der Waals surface area contributed by atoms with Gasteiger partial charge in [-0.25, -0.2) is 0 Å². The van der Waals surface area contributed by atoms with Crippen molar-refractivity contribution >= 4 is 0 Å². The zero-order valence-corrected chi connectivity index (χ0v) is 8.43. The van der Waals surface area contributed by atoms with E-state index in [1.165, 1.54) is 12.8 Å². The average molecular weight is 172 g/mol. The van der Waals surface area contributed by atoms with Crippen molar-refractivity contribution in [2.75, 3.05) is 13.2 Å². The summed E-state index contributed by atoms with van der Waals surface area (Å²) in [6, 6.07) is 0. The Morgan fingerprint density at radius 3 is 2.67 bits per heavy atom. The Hall–Kier alpha value is -0.0800. The van der Waals surface area contributed by atoms with Gasteiger partial charge in [0, 0.05) is 6.61 Å². The highest BCUT2D eigenvalue weighted by atomic mass is 16.6. The Bertz CT molecular complexity index is 136. The van der Waals surface area contributed by atoms with Crippen LogP contribution in [-0.2, 0) is 9.47 Å². The van der Waals surface area contributed by atoms with Gasteiger partial charge in [0.1, 0.15) is 5.60 Å². The molecule has 0 aromatic carbocycles. The van der Waals surface area contributed by atoms with Gasteiger partial charge < -0.3 is 9.47 Å². The molecule has 0 aliphatic carbocycles. The van der Waals surface area contributed by atoms with Crippen molar-refractivity contribution in [3.8, 4) is 0 Å². The molecule has 1 aliphatic heterocycles. The summed E-state index contributed by atoms with van der Waals surface area (Å²) in [5.41, 5.74) is 0.0468. The van der Waals surface area contributed by atoms with Crippen molar-refractivity contribution < 1.29 is 9.47 Å². The first kappa shape index (κ1) is 10.0. The topological polar surface area (TPSA) is 21.8 Å². The van der Waals surface area contributed by atoms with Crippen LogP contribution in [-0.4, -0.2) is 24.9 Å². The Kier molecular flexibility index (Phi) is 3.53. The zero-order valence-electron chi connectivity index (χ0n) is 8.43. The minimum atomic E-state index is 0.0468. The van der Waals surface area contributed by atoms with Crippen LogP contribution >= 0.6 is 0 Å². The van der Waals surface area contributed by atoms with Crippen molar-refractivity contribution in [2.24, 2.45) is 0 Å². The lowest BCUT2D eigenvalue weighted by atomic mass is 10.1. The third kappa shape index (κ3) is 2.46.